The van der Waals surface area contributed by atoms with E-state index >= 15 is 0 Å². The largest absolute Gasteiger partial charge is 0.507 e. The molecule has 0 radical (unpaired) electrons. The number of guanidine groups is 1. The Hall–Kier alpha value is -2.29. The van der Waals surface area contributed by atoms with Crippen molar-refractivity contribution in [3.8, 4) is 5.75 Å². The maximum atomic E-state index is 12.0. The number of carbonyl (C=O) groups excluding carboxylic acids is 1. The summed E-state index contributed by atoms with van der Waals surface area (Å²) in [5.41, 5.74) is 2.63. The number of halogens is 1. The molecule has 0 fully saturated rings. The van der Waals surface area contributed by atoms with Crippen molar-refractivity contribution in [2.75, 3.05) is 19.6 Å². The van der Waals surface area contributed by atoms with Crippen LogP contribution in [0.25, 0.3) is 0 Å². The zero-order valence-electron chi connectivity index (χ0n) is 15.7. The summed E-state index contributed by atoms with van der Waals surface area (Å²) < 4.78 is 0. The number of amides is 1. The molecule has 0 saturated carbocycles. The van der Waals surface area contributed by atoms with Crippen LogP contribution in [0.5, 0.6) is 5.75 Å². The molecule has 0 aliphatic rings. The van der Waals surface area contributed by atoms with Crippen molar-refractivity contribution >= 4 is 35.8 Å². The van der Waals surface area contributed by atoms with Crippen molar-refractivity contribution in [2.24, 2.45) is 4.99 Å². The lowest BCUT2D eigenvalue weighted by molar-refractivity contribution is 0.0951. The van der Waals surface area contributed by atoms with Crippen molar-refractivity contribution in [1.82, 2.24) is 16.0 Å². The molecule has 0 saturated heterocycles. The van der Waals surface area contributed by atoms with Crippen LogP contribution in [0.2, 0.25) is 0 Å². The van der Waals surface area contributed by atoms with E-state index in [1.165, 1.54) is 11.6 Å². The summed E-state index contributed by atoms with van der Waals surface area (Å²) in [6.45, 7) is 6.35. The molecular formula is C20H27IN4O2. The number of aryl methyl sites for hydroxylation is 1. The molecule has 2 aromatic rings. The molecule has 146 valence electrons. The van der Waals surface area contributed by atoms with Crippen molar-refractivity contribution in [2.45, 2.75) is 20.4 Å². The first kappa shape index (κ1) is 22.8. The van der Waals surface area contributed by atoms with Gasteiger partial charge in [-0.3, -0.25) is 4.79 Å². The fraction of sp³-hybridized carbons (Fsp3) is 0.300. The third kappa shape index (κ3) is 7.86. The monoisotopic (exact) mass is 482 g/mol. The Morgan fingerprint density at radius 1 is 1.04 bits per heavy atom. The topological polar surface area (TPSA) is 85.8 Å². The second kappa shape index (κ2) is 12.2. The van der Waals surface area contributed by atoms with Crippen LogP contribution in [0.15, 0.2) is 53.5 Å². The number of hydrogen-bond donors (Lipinski definition) is 4. The van der Waals surface area contributed by atoms with Gasteiger partial charge in [0.05, 0.1) is 12.1 Å². The average molecular weight is 482 g/mol. The van der Waals surface area contributed by atoms with Gasteiger partial charge in [-0.2, -0.15) is 0 Å². The van der Waals surface area contributed by atoms with Gasteiger partial charge in [-0.15, -0.1) is 24.0 Å². The van der Waals surface area contributed by atoms with Gasteiger partial charge in [0, 0.05) is 19.6 Å². The highest BCUT2D eigenvalue weighted by Gasteiger charge is 2.09. The smallest absolute Gasteiger partial charge is 0.255 e. The Morgan fingerprint density at radius 2 is 1.78 bits per heavy atom. The second-order valence-corrected chi connectivity index (χ2v) is 5.88. The predicted octanol–water partition coefficient (Wildman–Crippen LogP) is 2.80. The number of benzene rings is 2. The van der Waals surface area contributed by atoms with E-state index < -0.39 is 0 Å². The first-order valence-electron chi connectivity index (χ1n) is 8.74. The van der Waals surface area contributed by atoms with E-state index in [0.29, 0.717) is 25.6 Å². The van der Waals surface area contributed by atoms with Gasteiger partial charge in [0.15, 0.2) is 5.96 Å². The quantitative estimate of drug-likeness (QED) is 0.212. The Balaban J connectivity index is 0.00000364. The maximum Gasteiger partial charge on any atom is 0.255 e. The van der Waals surface area contributed by atoms with Gasteiger partial charge in [-0.25, -0.2) is 4.99 Å². The number of nitrogens with zero attached hydrogens (tertiary/aromatic N) is 1. The first-order valence-corrected chi connectivity index (χ1v) is 8.74. The van der Waals surface area contributed by atoms with Crippen LogP contribution < -0.4 is 16.0 Å². The number of carbonyl (C=O) groups is 1. The molecule has 0 unspecified atom stereocenters. The Bertz CT molecular complexity index is 765. The van der Waals surface area contributed by atoms with Crippen LogP contribution in [0, 0.1) is 6.92 Å². The van der Waals surface area contributed by atoms with Gasteiger partial charge in [-0.05, 0) is 31.5 Å². The van der Waals surface area contributed by atoms with Crippen LogP contribution in [0.1, 0.15) is 28.4 Å². The number of phenolic OH excluding ortho intramolecular Hbond substituents is 1. The number of aromatic hydroxyl groups is 1. The van der Waals surface area contributed by atoms with Crippen molar-refractivity contribution in [1.29, 1.82) is 0 Å². The van der Waals surface area contributed by atoms with Gasteiger partial charge >= 0.3 is 0 Å². The van der Waals surface area contributed by atoms with Crippen molar-refractivity contribution in [3.63, 3.8) is 0 Å². The van der Waals surface area contributed by atoms with Gasteiger partial charge in [0.1, 0.15) is 5.75 Å². The molecule has 0 bridgehead atoms. The van der Waals surface area contributed by atoms with E-state index in [1.807, 2.05) is 19.1 Å². The zero-order valence-corrected chi connectivity index (χ0v) is 18.0. The van der Waals surface area contributed by atoms with Crippen LogP contribution in [0.4, 0.5) is 0 Å². The van der Waals surface area contributed by atoms with E-state index in [1.54, 1.807) is 18.2 Å². The van der Waals surface area contributed by atoms with E-state index in [2.05, 4.69) is 40.0 Å². The maximum absolute atomic E-state index is 12.0. The SMILES string of the molecule is CCNC(=NCc1cccc(C)c1)NCCNC(=O)c1ccccc1O.I. The molecule has 0 aliphatic carbocycles. The summed E-state index contributed by atoms with van der Waals surface area (Å²) in [6.07, 6.45) is 0. The van der Waals surface area contributed by atoms with Crippen LogP contribution >= 0.6 is 24.0 Å². The highest BCUT2D eigenvalue weighted by Crippen LogP contribution is 2.14. The highest BCUT2D eigenvalue weighted by molar-refractivity contribution is 14.0. The summed E-state index contributed by atoms with van der Waals surface area (Å²) >= 11 is 0. The first-order chi connectivity index (χ1) is 12.6. The summed E-state index contributed by atoms with van der Waals surface area (Å²) in [6, 6.07) is 14.7. The fourth-order valence-electron chi connectivity index (χ4n) is 2.44. The van der Waals surface area contributed by atoms with Crippen molar-refractivity contribution in [3.05, 3.63) is 65.2 Å². The molecule has 4 N–H and O–H groups in total. The molecular weight excluding hydrogens is 455 g/mol. The van der Waals surface area contributed by atoms with Crippen LogP contribution in [-0.4, -0.2) is 36.6 Å². The number of para-hydroxylation sites is 1. The zero-order chi connectivity index (χ0) is 18.8. The number of hydrogen-bond acceptors (Lipinski definition) is 3. The minimum absolute atomic E-state index is 0. The molecule has 2 rings (SSSR count). The fourth-order valence-corrected chi connectivity index (χ4v) is 2.44. The lowest BCUT2D eigenvalue weighted by atomic mass is 10.1. The van der Waals surface area contributed by atoms with E-state index in [0.717, 1.165) is 12.1 Å². The Morgan fingerprint density at radius 3 is 2.48 bits per heavy atom. The molecule has 1 amide bonds. The van der Waals surface area contributed by atoms with E-state index in [4.69, 9.17) is 0 Å². The van der Waals surface area contributed by atoms with Gasteiger partial charge in [0.25, 0.3) is 5.91 Å². The van der Waals surface area contributed by atoms with Gasteiger partial charge < -0.3 is 21.1 Å². The second-order valence-electron chi connectivity index (χ2n) is 5.88. The number of rotatable bonds is 7. The molecule has 7 heteroatoms. The molecule has 27 heavy (non-hydrogen) atoms. The molecule has 6 nitrogen and oxygen atoms in total. The third-order valence-electron chi connectivity index (χ3n) is 3.70. The number of aliphatic imine (C=N–C) groups is 1. The molecule has 2 aromatic carbocycles. The predicted molar refractivity (Wildman–Crippen MR) is 120 cm³/mol. The number of phenols is 1. The minimum Gasteiger partial charge on any atom is -0.507 e. The highest BCUT2D eigenvalue weighted by atomic mass is 127. The van der Waals surface area contributed by atoms with Crippen LogP contribution in [-0.2, 0) is 6.54 Å². The lowest BCUT2D eigenvalue weighted by Gasteiger charge is -2.12. The van der Waals surface area contributed by atoms with Crippen molar-refractivity contribution < 1.29 is 9.90 Å². The van der Waals surface area contributed by atoms with Gasteiger partial charge in [-0.1, -0.05) is 42.0 Å². The number of nitrogens with one attached hydrogen (secondary N) is 3. The Labute approximate surface area is 177 Å². The summed E-state index contributed by atoms with van der Waals surface area (Å²) in [5.74, 6) is 0.378. The summed E-state index contributed by atoms with van der Waals surface area (Å²) in [7, 11) is 0. The molecule has 0 heterocycles. The lowest BCUT2D eigenvalue weighted by Crippen LogP contribution is -2.41. The Kier molecular flexibility index (Phi) is 10.2. The van der Waals surface area contributed by atoms with E-state index in [9.17, 15) is 9.90 Å². The van der Waals surface area contributed by atoms with E-state index in [-0.39, 0.29) is 41.2 Å². The van der Waals surface area contributed by atoms with Gasteiger partial charge in [0.2, 0.25) is 0 Å². The normalized spacial score (nSPS) is 10.7. The molecule has 0 aliphatic heterocycles. The molecule has 0 aromatic heterocycles. The van der Waals surface area contributed by atoms with Crippen LogP contribution in [0.3, 0.4) is 0 Å². The standard InChI is InChI=1S/C20H26N4O2.HI/c1-3-21-20(24-14-16-8-6-7-15(2)13-16)23-12-11-22-19(26)17-9-4-5-10-18(17)25;/h4-10,13,25H,3,11-12,14H2,1-2H3,(H,22,26)(H2,21,23,24);1H. The third-order valence-corrected chi connectivity index (χ3v) is 3.70. The summed E-state index contributed by atoms with van der Waals surface area (Å²) in [4.78, 5) is 16.6. The molecule has 0 spiro atoms. The summed E-state index contributed by atoms with van der Waals surface area (Å²) in [5, 5.41) is 18.8. The molecule has 0 atom stereocenters. The minimum atomic E-state index is -0.299. The average Bonchev–Trinajstić information content (AvgIpc) is 2.63.